The minimum absolute atomic E-state index is 0.0741. The van der Waals surface area contributed by atoms with Crippen LogP contribution in [0.5, 0.6) is 0 Å². The van der Waals surface area contributed by atoms with E-state index in [9.17, 15) is 13.2 Å². The largest absolute Gasteiger partial charge is 0.361 e. The lowest BCUT2D eigenvalue weighted by atomic mass is 9.95. The number of hydrogen-bond donors (Lipinski definition) is 1. The standard InChI is InChI=1S/C26H26N4O4S/c1-14-23(15(2)34-29-14)17-11-19(24-20(12-17)27-26(28-24)16-9-10-16)25-21(13-22(31)30(25)3)35(32,33)18-7-5-4-6-8-18/h4-8,11-12,16,21,25H,9-10,13H2,1-3H3,(H,27,28)/t21-,25?/m0/s1. The zero-order valence-electron chi connectivity index (χ0n) is 19.8. The molecule has 0 radical (unpaired) electrons. The number of H-pyrrole nitrogens is 1. The highest BCUT2D eigenvalue weighted by Crippen LogP contribution is 2.45. The van der Waals surface area contributed by atoms with Crippen LogP contribution in [-0.2, 0) is 14.6 Å². The van der Waals surface area contributed by atoms with Gasteiger partial charge in [0, 0.05) is 30.5 Å². The minimum atomic E-state index is -3.78. The number of carbonyl (C=O) groups excluding carboxylic acids is 1. The van der Waals surface area contributed by atoms with Gasteiger partial charge in [-0.25, -0.2) is 13.4 Å². The van der Waals surface area contributed by atoms with Crippen molar-refractivity contribution in [1.29, 1.82) is 0 Å². The van der Waals surface area contributed by atoms with Crippen LogP contribution in [0.15, 0.2) is 51.9 Å². The number of fused-ring (bicyclic) bond motifs is 1. The third kappa shape index (κ3) is 3.48. The quantitative estimate of drug-likeness (QED) is 0.442. The van der Waals surface area contributed by atoms with Crippen molar-refractivity contribution in [2.24, 2.45) is 0 Å². The number of aromatic nitrogens is 3. The first kappa shape index (κ1) is 22.0. The van der Waals surface area contributed by atoms with Crippen molar-refractivity contribution in [3.05, 3.63) is 65.3 Å². The summed E-state index contributed by atoms with van der Waals surface area (Å²) in [7, 11) is -2.11. The minimum Gasteiger partial charge on any atom is -0.361 e. The molecular weight excluding hydrogens is 464 g/mol. The Hall–Kier alpha value is -3.46. The van der Waals surface area contributed by atoms with Gasteiger partial charge in [-0.3, -0.25) is 4.79 Å². The Balaban J connectivity index is 1.58. The van der Waals surface area contributed by atoms with Crippen LogP contribution in [0.2, 0.25) is 0 Å². The summed E-state index contributed by atoms with van der Waals surface area (Å²) in [5.41, 5.74) is 4.73. The molecule has 4 aromatic rings. The van der Waals surface area contributed by atoms with Crippen LogP contribution in [-0.4, -0.2) is 46.6 Å². The molecule has 1 aliphatic carbocycles. The molecule has 0 spiro atoms. The van der Waals surface area contributed by atoms with Gasteiger partial charge in [0.2, 0.25) is 5.91 Å². The van der Waals surface area contributed by atoms with Crippen LogP contribution in [0.4, 0.5) is 0 Å². The van der Waals surface area contributed by atoms with Gasteiger partial charge in [-0.1, -0.05) is 23.4 Å². The third-order valence-electron chi connectivity index (χ3n) is 7.25. The summed E-state index contributed by atoms with van der Waals surface area (Å²) in [5.74, 6) is 1.78. The highest BCUT2D eigenvalue weighted by molar-refractivity contribution is 7.92. The molecule has 9 heteroatoms. The first-order chi connectivity index (χ1) is 16.8. The topological polar surface area (TPSA) is 109 Å². The van der Waals surface area contributed by atoms with Crippen LogP contribution in [0, 0.1) is 13.8 Å². The molecular formula is C26H26N4O4S. The molecule has 1 aliphatic heterocycles. The van der Waals surface area contributed by atoms with Crippen molar-refractivity contribution in [1.82, 2.24) is 20.0 Å². The van der Waals surface area contributed by atoms with E-state index in [0.717, 1.165) is 46.6 Å². The Labute approximate surface area is 203 Å². The summed E-state index contributed by atoms with van der Waals surface area (Å²) in [5, 5.41) is 3.18. The van der Waals surface area contributed by atoms with Crippen LogP contribution in [0.1, 0.15) is 54.1 Å². The predicted octanol–water partition coefficient (Wildman–Crippen LogP) is 4.46. The summed E-state index contributed by atoms with van der Waals surface area (Å²) in [6.07, 6.45) is 2.09. The maximum Gasteiger partial charge on any atom is 0.224 e. The number of hydrogen-bond acceptors (Lipinski definition) is 6. The molecule has 2 aromatic heterocycles. The van der Waals surface area contributed by atoms with E-state index in [1.165, 1.54) is 0 Å². The van der Waals surface area contributed by atoms with E-state index in [0.29, 0.717) is 17.2 Å². The smallest absolute Gasteiger partial charge is 0.224 e. The van der Waals surface area contributed by atoms with Crippen LogP contribution < -0.4 is 0 Å². The fourth-order valence-corrected chi connectivity index (χ4v) is 7.20. The number of carbonyl (C=O) groups is 1. The Bertz CT molecular complexity index is 1550. The summed E-state index contributed by atoms with van der Waals surface area (Å²) in [4.78, 5) is 23.1. The van der Waals surface area contributed by atoms with Gasteiger partial charge in [-0.2, -0.15) is 0 Å². The second-order valence-electron chi connectivity index (χ2n) is 9.61. The fraction of sp³-hybridized carbons (Fsp3) is 0.346. The molecule has 1 saturated heterocycles. The lowest BCUT2D eigenvalue weighted by Gasteiger charge is -2.26. The van der Waals surface area contributed by atoms with Crippen molar-refractivity contribution in [2.75, 3.05) is 7.05 Å². The van der Waals surface area contributed by atoms with Crippen molar-refractivity contribution in [3.8, 4) is 11.1 Å². The monoisotopic (exact) mass is 490 g/mol. The molecule has 180 valence electrons. The number of nitrogens with one attached hydrogen (secondary N) is 1. The average Bonchev–Trinajstić information content (AvgIpc) is 3.42. The van der Waals surface area contributed by atoms with E-state index in [2.05, 4.69) is 10.1 Å². The number of benzene rings is 2. The Kier molecular flexibility index (Phi) is 4.90. The van der Waals surface area contributed by atoms with Gasteiger partial charge in [0.1, 0.15) is 11.6 Å². The highest BCUT2D eigenvalue weighted by Gasteiger charge is 2.47. The van der Waals surface area contributed by atoms with Crippen LogP contribution >= 0.6 is 0 Å². The summed E-state index contributed by atoms with van der Waals surface area (Å²) in [6, 6.07) is 11.7. The predicted molar refractivity (Wildman–Crippen MR) is 131 cm³/mol. The number of aromatic amines is 1. The molecule has 1 unspecified atom stereocenters. The fourth-order valence-electron chi connectivity index (χ4n) is 5.28. The van der Waals surface area contributed by atoms with Gasteiger partial charge in [0.15, 0.2) is 9.84 Å². The van der Waals surface area contributed by atoms with Crippen molar-refractivity contribution >= 4 is 26.8 Å². The van der Waals surface area contributed by atoms with Gasteiger partial charge >= 0.3 is 0 Å². The first-order valence-corrected chi connectivity index (χ1v) is 13.3. The summed E-state index contributed by atoms with van der Waals surface area (Å²) in [6.45, 7) is 3.74. The van der Waals surface area contributed by atoms with Crippen molar-refractivity contribution in [3.63, 3.8) is 0 Å². The first-order valence-electron chi connectivity index (χ1n) is 11.8. The molecule has 2 fully saturated rings. The second kappa shape index (κ2) is 7.78. The maximum atomic E-state index is 13.8. The zero-order valence-corrected chi connectivity index (χ0v) is 20.6. The number of amides is 1. The normalized spacial score (nSPS) is 20.8. The van der Waals surface area contributed by atoms with E-state index in [-0.39, 0.29) is 17.2 Å². The number of aryl methyl sites for hydroxylation is 2. The van der Waals surface area contributed by atoms with E-state index in [4.69, 9.17) is 9.51 Å². The summed E-state index contributed by atoms with van der Waals surface area (Å²) < 4.78 is 32.9. The molecule has 1 saturated carbocycles. The second-order valence-corrected chi connectivity index (χ2v) is 11.8. The van der Waals surface area contributed by atoms with E-state index in [1.54, 1.807) is 42.3 Å². The molecule has 0 bridgehead atoms. The molecule has 2 atom stereocenters. The van der Waals surface area contributed by atoms with Gasteiger partial charge in [0.25, 0.3) is 0 Å². The number of nitrogens with zero attached hydrogens (tertiary/aromatic N) is 3. The Morgan fingerprint density at radius 1 is 1.11 bits per heavy atom. The molecule has 8 nitrogen and oxygen atoms in total. The van der Waals surface area contributed by atoms with Gasteiger partial charge in [-0.15, -0.1) is 0 Å². The van der Waals surface area contributed by atoms with E-state index in [1.807, 2.05) is 26.0 Å². The van der Waals surface area contributed by atoms with Gasteiger partial charge in [-0.05, 0) is 56.5 Å². The molecule has 2 aromatic carbocycles. The van der Waals surface area contributed by atoms with E-state index < -0.39 is 21.1 Å². The summed E-state index contributed by atoms with van der Waals surface area (Å²) >= 11 is 0. The lowest BCUT2D eigenvalue weighted by Crippen LogP contribution is -2.30. The van der Waals surface area contributed by atoms with Gasteiger partial charge < -0.3 is 14.4 Å². The SMILES string of the molecule is Cc1noc(C)c1-c1cc(C2[C@@H](S(=O)(=O)c3ccccc3)CC(=O)N2C)c2nc(C3CC3)[nH]c2c1. The number of likely N-dealkylation sites (tertiary alicyclic amines) is 1. The van der Waals surface area contributed by atoms with Crippen molar-refractivity contribution < 1.29 is 17.7 Å². The molecule has 35 heavy (non-hydrogen) atoms. The molecule has 3 heterocycles. The number of sulfone groups is 1. The third-order valence-corrected chi connectivity index (χ3v) is 9.40. The van der Waals surface area contributed by atoms with E-state index >= 15 is 0 Å². The average molecular weight is 491 g/mol. The highest BCUT2D eigenvalue weighted by atomic mass is 32.2. The zero-order chi connectivity index (χ0) is 24.5. The van der Waals surface area contributed by atoms with Crippen LogP contribution in [0.3, 0.4) is 0 Å². The Morgan fingerprint density at radius 3 is 2.51 bits per heavy atom. The molecule has 1 amide bonds. The number of imidazole rings is 1. The van der Waals surface area contributed by atoms with Gasteiger partial charge in [0.05, 0.1) is 32.9 Å². The number of rotatable bonds is 5. The van der Waals surface area contributed by atoms with Crippen LogP contribution in [0.25, 0.3) is 22.2 Å². The molecule has 2 aliphatic rings. The molecule has 1 N–H and O–H groups in total. The lowest BCUT2D eigenvalue weighted by molar-refractivity contribution is -0.127. The van der Waals surface area contributed by atoms with Crippen molar-refractivity contribution in [2.45, 2.75) is 55.2 Å². The Morgan fingerprint density at radius 2 is 1.86 bits per heavy atom. The maximum absolute atomic E-state index is 13.8. The molecule has 6 rings (SSSR count).